The van der Waals surface area contributed by atoms with Gasteiger partial charge in [-0.05, 0) is 55.0 Å². The van der Waals surface area contributed by atoms with E-state index in [1.165, 1.54) is 0 Å². The van der Waals surface area contributed by atoms with Crippen molar-refractivity contribution in [1.82, 2.24) is 4.98 Å². The van der Waals surface area contributed by atoms with Gasteiger partial charge in [-0.15, -0.1) is 0 Å². The van der Waals surface area contributed by atoms with Crippen LogP contribution in [0.1, 0.15) is 11.1 Å². The molecule has 3 rings (SSSR count). The van der Waals surface area contributed by atoms with Gasteiger partial charge in [-0.25, -0.2) is 0 Å². The fourth-order valence-corrected chi connectivity index (χ4v) is 2.36. The van der Waals surface area contributed by atoms with Gasteiger partial charge in [0.25, 0.3) is 0 Å². The molecule has 2 aromatic carbocycles. The van der Waals surface area contributed by atoms with Crippen molar-refractivity contribution in [3.8, 4) is 17.6 Å². The van der Waals surface area contributed by atoms with E-state index in [1.807, 2.05) is 25.1 Å². The number of aryl methyl sites for hydroxylation is 1. The maximum absolute atomic E-state index is 8.96. The van der Waals surface area contributed by atoms with Gasteiger partial charge in [-0.2, -0.15) is 5.26 Å². The molecule has 0 radical (unpaired) electrons. The summed E-state index contributed by atoms with van der Waals surface area (Å²) in [6, 6.07) is 14.8. The summed E-state index contributed by atoms with van der Waals surface area (Å²) in [4.78, 5) is 4.33. The Bertz CT molecular complexity index is 868. The Morgan fingerprint density at radius 3 is 2.81 bits per heavy atom. The van der Waals surface area contributed by atoms with Gasteiger partial charge < -0.3 is 4.74 Å². The fraction of sp³-hybridized carbons (Fsp3) is 0.0588. The summed E-state index contributed by atoms with van der Waals surface area (Å²) in [6.45, 7) is 1.88. The van der Waals surface area contributed by atoms with Crippen molar-refractivity contribution in [1.29, 1.82) is 5.26 Å². The highest BCUT2D eigenvalue weighted by Gasteiger charge is 2.08. The Labute approximate surface area is 127 Å². The van der Waals surface area contributed by atoms with Crippen LogP contribution in [0.15, 0.2) is 48.7 Å². The first-order valence-electron chi connectivity index (χ1n) is 6.41. The minimum atomic E-state index is 0.638. The number of benzene rings is 2. The predicted molar refractivity (Wildman–Crippen MR) is 82.7 cm³/mol. The van der Waals surface area contributed by atoms with E-state index in [-0.39, 0.29) is 0 Å². The molecule has 3 nitrogen and oxygen atoms in total. The van der Waals surface area contributed by atoms with Gasteiger partial charge in [0, 0.05) is 11.6 Å². The maximum atomic E-state index is 8.96. The zero-order chi connectivity index (χ0) is 14.8. The Kier molecular flexibility index (Phi) is 3.47. The second kappa shape index (κ2) is 5.43. The Morgan fingerprint density at radius 1 is 1.19 bits per heavy atom. The van der Waals surface area contributed by atoms with Crippen LogP contribution in [0.2, 0.25) is 5.02 Å². The molecule has 0 saturated heterocycles. The number of aromatic nitrogens is 1. The first-order chi connectivity index (χ1) is 10.2. The van der Waals surface area contributed by atoms with E-state index in [1.54, 1.807) is 30.5 Å². The largest absolute Gasteiger partial charge is 0.455 e. The summed E-state index contributed by atoms with van der Waals surface area (Å²) >= 11 is 6.17. The SMILES string of the molecule is Cc1cc(Oc2ccc(Cl)c3cccnc23)ccc1C#N. The predicted octanol–water partition coefficient (Wildman–Crippen LogP) is 4.86. The van der Waals surface area contributed by atoms with Crippen molar-refractivity contribution in [3.05, 3.63) is 64.8 Å². The maximum Gasteiger partial charge on any atom is 0.153 e. The highest BCUT2D eigenvalue weighted by molar-refractivity contribution is 6.35. The van der Waals surface area contributed by atoms with Gasteiger partial charge in [-0.1, -0.05) is 11.6 Å². The Hall–Kier alpha value is -2.57. The summed E-state index contributed by atoms with van der Waals surface area (Å²) in [5.74, 6) is 1.31. The molecular weight excluding hydrogens is 284 g/mol. The molecule has 4 heteroatoms. The smallest absolute Gasteiger partial charge is 0.153 e. The lowest BCUT2D eigenvalue weighted by atomic mass is 10.1. The average Bonchev–Trinajstić information content (AvgIpc) is 2.51. The molecule has 0 aliphatic carbocycles. The molecule has 0 aliphatic rings. The summed E-state index contributed by atoms with van der Waals surface area (Å²) in [5, 5.41) is 10.4. The first-order valence-corrected chi connectivity index (χ1v) is 6.78. The minimum absolute atomic E-state index is 0.638. The molecule has 0 amide bonds. The lowest BCUT2D eigenvalue weighted by Gasteiger charge is -2.10. The van der Waals surface area contributed by atoms with Crippen LogP contribution in [0.5, 0.6) is 11.5 Å². The van der Waals surface area contributed by atoms with Crippen molar-refractivity contribution < 1.29 is 4.74 Å². The van der Waals surface area contributed by atoms with Gasteiger partial charge in [0.2, 0.25) is 0 Å². The summed E-state index contributed by atoms with van der Waals surface area (Å²) in [7, 11) is 0. The van der Waals surface area contributed by atoms with Gasteiger partial charge in [0.05, 0.1) is 16.7 Å². The first kappa shape index (κ1) is 13.4. The molecule has 0 unspecified atom stereocenters. The van der Waals surface area contributed by atoms with Gasteiger partial charge in [0.1, 0.15) is 11.3 Å². The lowest BCUT2D eigenvalue weighted by Crippen LogP contribution is -1.90. The average molecular weight is 295 g/mol. The molecule has 1 aromatic heterocycles. The molecule has 0 spiro atoms. The highest BCUT2D eigenvalue weighted by atomic mass is 35.5. The minimum Gasteiger partial charge on any atom is -0.455 e. The van der Waals surface area contributed by atoms with Crippen LogP contribution in [-0.2, 0) is 0 Å². The number of ether oxygens (including phenoxy) is 1. The second-order valence-electron chi connectivity index (χ2n) is 4.64. The Morgan fingerprint density at radius 2 is 2.05 bits per heavy atom. The van der Waals surface area contributed by atoms with Crippen molar-refractivity contribution in [2.45, 2.75) is 6.92 Å². The van der Waals surface area contributed by atoms with E-state index >= 15 is 0 Å². The zero-order valence-electron chi connectivity index (χ0n) is 11.3. The summed E-state index contributed by atoms with van der Waals surface area (Å²) in [6.07, 6.45) is 1.70. The van der Waals surface area contributed by atoms with Crippen LogP contribution >= 0.6 is 11.6 Å². The van der Waals surface area contributed by atoms with Crippen LogP contribution in [0, 0.1) is 18.3 Å². The van der Waals surface area contributed by atoms with Crippen LogP contribution in [0.4, 0.5) is 0 Å². The molecule has 21 heavy (non-hydrogen) atoms. The van der Waals surface area contributed by atoms with Crippen molar-refractivity contribution in [2.75, 3.05) is 0 Å². The van der Waals surface area contributed by atoms with Crippen molar-refractivity contribution >= 4 is 22.5 Å². The number of nitrogens with zero attached hydrogens (tertiary/aromatic N) is 2. The molecule has 1 heterocycles. The number of fused-ring (bicyclic) bond motifs is 1. The van der Waals surface area contributed by atoms with Crippen LogP contribution in [0.3, 0.4) is 0 Å². The van der Waals surface area contributed by atoms with E-state index < -0.39 is 0 Å². The van der Waals surface area contributed by atoms with E-state index in [0.29, 0.717) is 27.6 Å². The molecular formula is C17H11ClN2O. The molecule has 0 N–H and O–H groups in total. The number of rotatable bonds is 2. The van der Waals surface area contributed by atoms with Crippen LogP contribution < -0.4 is 4.74 Å². The van der Waals surface area contributed by atoms with E-state index in [2.05, 4.69) is 11.1 Å². The molecule has 0 bridgehead atoms. The third kappa shape index (κ3) is 2.54. The molecule has 102 valence electrons. The van der Waals surface area contributed by atoms with E-state index in [9.17, 15) is 0 Å². The number of nitriles is 1. The number of pyridine rings is 1. The Balaban J connectivity index is 2.05. The van der Waals surface area contributed by atoms with Crippen LogP contribution in [0.25, 0.3) is 10.9 Å². The highest BCUT2D eigenvalue weighted by Crippen LogP contribution is 2.33. The van der Waals surface area contributed by atoms with Crippen molar-refractivity contribution in [3.63, 3.8) is 0 Å². The topological polar surface area (TPSA) is 45.9 Å². The third-order valence-electron chi connectivity index (χ3n) is 3.23. The number of halogens is 1. The number of hydrogen-bond acceptors (Lipinski definition) is 3. The standard InChI is InChI=1S/C17H11ClN2O/c1-11-9-13(5-4-12(11)10-19)21-16-7-6-15(18)14-3-2-8-20-17(14)16/h2-9H,1H3. The quantitative estimate of drug-likeness (QED) is 0.678. The molecule has 0 atom stereocenters. The summed E-state index contributed by atoms with van der Waals surface area (Å²) in [5.41, 5.74) is 2.23. The normalized spacial score (nSPS) is 10.3. The second-order valence-corrected chi connectivity index (χ2v) is 5.04. The molecule has 0 aliphatic heterocycles. The lowest BCUT2D eigenvalue weighted by molar-refractivity contribution is 0.486. The van der Waals surface area contributed by atoms with Gasteiger partial charge >= 0.3 is 0 Å². The zero-order valence-corrected chi connectivity index (χ0v) is 12.1. The summed E-state index contributed by atoms with van der Waals surface area (Å²) < 4.78 is 5.90. The molecule has 3 aromatic rings. The van der Waals surface area contributed by atoms with Gasteiger partial charge in [-0.3, -0.25) is 4.98 Å². The molecule has 0 fully saturated rings. The molecule has 0 saturated carbocycles. The van der Waals surface area contributed by atoms with Gasteiger partial charge in [0.15, 0.2) is 5.75 Å². The van der Waals surface area contributed by atoms with Crippen molar-refractivity contribution in [2.24, 2.45) is 0 Å². The third-order valence-corrected chi connectivity index (χ3v) is 3.56. The number of hydrogen-bond donors (Lipinski definition) is 0. The van der Waals surface area contributed by atoms with Crippen LogP contribution in [-0.4, -0.2) is 4.98 Å². The van der Waals surface area contributed by atoms with E-state index in [0.717, 1.165) is 10.9 Å². The van der Waals surface area contributed by atoms with E-state index in [4.69, 9.17) is 21.6 Å². The fourth-order valence-electron chi connectivity index (χ4n) is 2.15. The monoisotopic (exact) mass is 294 g/mol.